The van der Waals surface area contributed by atoms with Crippen LogP contribution in [0.25, 0.3) is 0 Å². The molecule has 1 heterocycles. The van der Waals surface area contributed by atoms with Crippen molar-refractivity contribution in [1.29, 1.82) is 0 Å². The van der Waals surface area contributed by atoms with Crippen LogP contribution in [-0.4, -0.2) is 17.4 Å². The first-order valence-corrected chi connectivity index (χ1v) is 5.93. The normalized spacial score (nSPS) is 12.8. The van der Waals surface area contributed by atoms with Gasteiger partial charge in [-0.25, -0.2) is 4.98 Å². The average molecular weight is 219 g/mol. The second-order valence-corrected chi connectivity index (χ2v) is 4.37. The number of thiazole rings is 1. The molecule has 0 fully saturated rings. The van der Waals surface area contributed by atoms with Crippen LogP contribution in [0.2, 0.25) is 0 Å². The minimum atomic E-state index is 0.625. The van der Waals surface area contributed by atoms with Crippen molar-refractivity contribution in [2.24, 2.45) is 5.92 Å². The van der Waals surface area contributed by atoms with Crippen molar-refractivity contribution in [3.63, 3.8) is 0 Å². The Morgan fingerprint density at radius 1 is 1.69 bits per heavy atom. The van der Waals surface area contributed by atoms with Crippen molar-refractivity contribution in [3.05, 3.63) is 11.6 Å². The van der Waals surface area contributed by atoms with Gasteiger partial charge in [-0.2, -0.15) is 0 Å². The zero-order chi connectivity index (χ0) is 9.52. The predicted octanol–water partition coefficient (Wildman–Crippen LogP) is 3.21. The Morgan fingerprint density at radius 3 is 3.15 bits per heavy atom. The fourth-order valence-corrected chi connectivity index (χ4v) is 1.75. The van der Waals surface area contributed by atoms with Gasteiger partial charge in [-0.15, -0.1) is 22.9 Å². The fraction of sp³-hybridized carbons (Fsp3) is 0.667. The van der Waals surface area contributed by atoms with Crippen LogP contribution in [0.5, 0.6) is 0 Å². The lowest BCUT2D eigenvalue weighted by Gasteiger charge is -2.06. The van der Waals surface area contributed by atoms with Gasteiger partial charge in [0.2, 0.25) is 0 Å². The lowest BCUT2D eigenvalue weighted by Crippen LogP contribution is -2.04. The number of rotatable bonds is 6. The molecule has 0 bridgehead atoms. The number of anilines is 1. The maximum Gasteiger partial charge on any atom is 0.182 e. The van der Waals surface area contributed by atoms with Crippen molar-refractivity contribution < 1.29 is 0 Å². The van der Waals surface area contributed by atoms with Gasteiger partial charge in [0.05, 0.1) is 0 Å². The molecule has 0 saturated carbocycles. The molecule has 74 valence electrons. The van der Waals surface area contributed by atoms with E-state index in [2.05, 4.69) is 17.2 Å². The van der Waals surface area contributed by atoms with E-state index in [9.17, 15) is 0 Å². The summed E-state index contributed by atoms with van der Waals surface area (Å²) in [5.74, 6) is 1.39. The molecule has 2 nitrogen and oxygen atoms in total. The maximum atomic E-state index is 5.70. The third kappa shape index (κ3) is 4.48. The van der Waals surface area contributed by atoms with Crippen LogP contribution in [-0.2, 0) is 0 Å². The smallest absolute Gasteiger partial charge is 0.182 e. The van der Waals surface area contributed by atoms with Crippen LogP contribution in [0.4, 0.5) is 5.13 Å². The molecule has 1 aromatic heterocycles. The van der Waals surface area contributed by atoms with Gasteiger partial charge in [0.1, 0.15) is 0 Å². The number of nitrogens with zero attached hydrogens (tertiary/aromatic N) is 1. The van der Waals surface area contributed by atoms with Crippen LogP contribution in [0.3, 0.4) is 0 Å². The summed E-state index contributed by atoms with van der Waals surface area (Å²) >= 11 is 7.34. The van der Waals surface area contributed by atoms with Gasteiger partial charge in [-0.05, 0) is 18.8 Å². The number of aromatic nitrogens is 1. The molecule has 1 rings (SSSR count). The highest BCUT2D eigenvalue weighted by molar-refractivity contribution is 7.13. The second-order valence-electron chi connectivity index (χ2n) is 3.17. The van der Waals surface area contributed by atoms with E-state index in [0.717, 1.165) is 24.0 Å². The summed E-state index contributed by atoms with van der Waals surface area (Å²) in [4.78, 5) is 4.13. The van der Waals surface area contributed by atoms with E-state index >= 15 is 0 Å². The van der Waals surface area contributed by atoms with E-state index in [1.165, 1.54) is 6.42 Å². The van der Waals surface area contributed by atoms with Gasteiger partial charge in [-0.1, -0.05) is 6.92 Å². The van der Waals surface area contributed by atoms with E-state index in [1.807, 2.05) is 11.6 Å². The van der Waals surface area contributed by atoms with Gasteiger partial charge >= 0.3 is 0 Å². The Hall–Kier alpha value is -0.280. The van der Waals surface area contributed by atoms with Gasteiger partial charge in [0.25, 0.3) is 0 Å². The third-order valence-corrected chi connectivity index (χ3v) is 3.10. The molecule has 0 spiro atoms. The minimum absolute atomic E-state index is 0.625. The van der Waals surface area contributed by atoms with E-state index in [-0.39, 0.29) is 0 Å². The van der Waals surface area contributed by atoms with Crippen LogP contribution < -0.4 is 5.32 Å². The standard InChI is InChI=1S/C9H15ClN2S/c1-8(7-10)3-2-4-11-9-12-5-6-13-9/h5-6,8H,2-4,7H2,1H3,(H,11,12). The van der Waals surface area contributed by atoms with Crippen molar-refractivity contribution in [1.82, 2.24) is 4.98 Å². The van der Waals surface area contributed by atoms with Gasteiger partial charge < -0.3 is 5.32 Å². The summed E-state index contributed by atoms with van der Waals surface area (Å²) in [6.07, 6.45) is 4.16. The van der Waals surface area contributed by atoms with Crippen LogP contribution in [0.1, 0.15) is 19.8 Å². The maximum absolute atomic E-state index is 5.70. The highest BCUT2D eigenvalue weighted by Gasteiger charge is 1.99. The van der Waals surface area contributed by atoms with Crippen LogP contribution >= 0.6 is 22.9 Å². The molecule has 1 unspecified atom stereocenters. The second kappa shape index (κ2) is 6.22. The molecular weight excluding hydrogens is 204 g/mol. The minimum Gasteiger partial charge on any atom is -0.362 e. The lowest BCUT2D eigenvalue weighted by molar-refractivity contribution is 0.572. The summed E-state index contributed by atoms with van der Waals surface area (Å²) in [5.41, 5.74) is 0. The monoisotopic (exact) mass is 218 g/mol. The molecule has 1 aromatic rings. The third-order valence-electron chi connectivity index (χ3n) is 1.85. The van der Waals surface area contributed by atoms with Gasteiger partial charge in [0, 0.05) is 24.0 Å². The Bertz CT molecular complexity index is 213. The van der Waals surface area contributed by atoms with E-state index < -0.39 is 0 Å². The molecule has 4 heteroatoms. The van der Waals surface area contributed by atoms with Crippen molar-refractivity contribution in [2.75, 3.05) is 17.7 Å². The van der Waals surface area contributed by atoms with Gasteiger partial charge in [0.15, 0.2) is 5.13 Å². The zero-order valence-corrected chi connectivity index (χ0v) is 9.37. The van der Waals surface area contributed by atoms with Crippen molar-refractivity contribution in [2.45, 2.75) is 19.8 Å². The molecule has 0 aromatic carbocycles. The molecule has 1 atom stereocenters. The van der Waals surface area contributed by atoms with Crippen molar-refractivity contribution in [3.8, 4) is 0 Å². The van der Waals surface area contributed by atoms with Crippen LogP contribution in [0, 0.1) is 5.92 Å². The molecule has 0 aliphatic heterocycles. The summed E-state index contributed by atoms with van der Waals surface area (Å²) in [5, 5.41) is 6.26. The molecule has 0 saturated heterocycles. The lowest BCUT2D eigenvalue weighted by atomic mass is 10.1. The first-order valence-electron chi connectivity index (χ1n) is 4.52. The molecular formula is C9H15ClN2S. The summed E-state index contributed by atoms with van der Waals surface area (Å²) < 4.78 is 0. The number of nitrogens with one attached hydrogen (secondary N) is 1. The highest BCUT2D eigenvalue weighted by Crippen LogP contribution is 2.11. The van der Waals surface area contributed by atoms with E-state index in [0.29, 0.717) is 5.92 Å². The zero-order valence-electron chi connectivity index (χ0n) is 7.79. The predicted molar refractivity (Wildman–Crippen MR) is 59.7 cm³/mol. The van der Waals surface area contributed by atoms with Crippen LogP contribution in [0.15, 0.2) is 11.6 Å². The summed E-state index contributed by atoms with van der Waals surface area (Å²) in [6, 6.07) is 0. The van der Waals surface area contributed by atoms with E-state index in [1.54, 1.807) is 11.3 Å². The van der Waals surface area contributed by atoms with Crippen molar-refractivity contribution >= 4 is 28.1 Å². The Balaban J connectivity index is 2.02. The van der Waals surface area contributed by atoms with Gasteiger partial charge in [-0.3, -0.25) is 0 Å². The molecule has 0 radical (unpaired) electrons. The number of halogens is 1. The van der Waals surface area contributed by atoms with E-state index in [4.69, 9.17) is 11.6 Å². The largest absolute Gasteiger partial charge is 0.362 e. The first-order chi connectivity index (χ1) is 6.33. The number of hydrogen-bond donors (Lipinski definition) is 1. The first kappa shape index (κ1) is 10.8. The quantitative estimate of drug-likeness (QED) is 0.586. The number of alkyl halides is 1. The topological polar surface area (TPSA) is 24.9 Å². The SMILES string of the molecule is CC(CCl)CCCNc1nccs1. The Morgan fingerprint density at radius 2 is 2.54 bits per heavy atom. The molecule has 13 heavy (non-hydrogen) atoms. The fourth-order valence-electron chi connectivity index (χ4n) is 1.03. The molecule has 1 N–H and O–H groups in total. The number of hydrogen-bond acceptors (Lipinski definition) is 3. The Labute approximate surface area is 88.3 Å². The average Bonchev–Trinajstić information content (AvgIpc) is 2.64. The summed E-state index contributed by atoms with van der Waals surface area (Å²) in [6.45, 7) is 3.17. The Kier molecular flexibility index (Phi) is 5.16. The summed E-state index contributed by atoms with van der Waals surface area (Å²) in [7, 11) is 0. The molecule has 0 aliphatic rings. The molecule has 0 amide bonds. The molecule has 0 aliphatic carbocycles. The highest BCUT2D eigenvalue weighted by atomic mass is 35.5.